The maximum atomic E-state index is 10.7. The van der Waals surface area contributed by atoms with Crippen molar-refractivity contribution < 1.29 is 4.79 Å². The molecule has 7 heteroatoms. The van der Waals surface area contributed by atoms with Crippen LogP contribution >= 0.6 is 22.9 Å². The number of hydrogen-bond acceptors (Lipinski definition) is 5. The van der Waals surface area contributed by atoms with Gasteiger partial charge in [-0.1, -0.05) is 22.9 Å². The molecule has 1 aromatic heterocycles. The first-order valence-corrected chi connectivity index (χ1v) is 4.86. The van der Waals surface area contributed by atoms with Gasteiger partial charge in [-0.05, 0) is 6.92 Å². The monoisotopic (exact) mass is 230 g/mol. The molecule has 1 heterocycles. The minimum atomic E-state index is -0.538. The highest BCUT2D eigenvalue weighted by atomic mass is 35.5. The zero-order chi connectivity index (χ0) is 10.7. The predicted octanol–water partition coefficient (Wildman–Crippen LogP) is 0.954. The normalized spacial score (nSPS) is 11.8. The van der Waals surface area contributed by atoms with Gasteiger partial charge in [0.15, 0.2) is 10.3 Å². The Bertz CT molecular complexity index is 397. The van der Waals surface area contributed by atoms with E-state index in [9.17, 15) is 4.79 Å². The Morgan fingerprint density at radius 3 is 2.93 bits per heavy atom. The molecule has 0 fully saturated rings. The number of nitrogens with zero attached hydrogens (tertiary/aromatic N) is 2. The fourth-order valence-electron chi connectivity index (χ4n) is 0.689. The minimum absolute atomic E-state index is 0.136. The third-order valence-electron chi connectivity index (χ3n) is 1.45. The maximum Gasteiger partial charge on any atom is 0.239 e. The van der Waals surface area contributed by atoms with Crippen molar-refractivity contribution in [2.45, 2.75) is 13.0 Å². The van der Waals surface area contributed by atoms with Gasteiger partial charge in [0.2, 0.25) is 5.91 Å². The average Bonchev–Trinajstić information content (AvgIpc) is 2.45. The number of hydrogen-bond donors (Lipinski definition) is 2. The van der Waals surface area contributed by atoms with E-state index < -0.39 is 11.9 Å². The molecule has 0 aliphatic rings. The van der Waals surface area contributed by atoms with E-state index >= 15 is 0 Å². The van der Waals surface area contributed by atoms with E-state index in [4.69, 9.17) is 22.6 Å². The Labute approximate surface area is 89.5 Å². The SMILES string of the molecule is CC(Nc1nc(Cl)c(C#N)s1)C(N)=O. The van der Waals surface area contributed by atoms with Crippen LogP contribution in [-0.2, 0) is 4.79 Å². The molecule has 0 saturated carbocycles. The molecule has 0 radical (unpaired) electrons. The molecule has 0 aliphatic heterocycles. The number of primary amides is 1. The fourth-order valence-corrected chi connectivity index (χ4v) is 1.72. The zero-order valence-corrected chi connectivity index (χ0v) is 8.82. The Morgan fingerprint density at radius 1 is 1.86 bits per heavy atom. The number of nitrogens with two attached hydrogens (primary N) is 1. The highest BCUT2D eigenvalue weighted by Crippen LogP contribution is 2.26. The Kier molecular flexibility index (Phi) is 3.28. The molecule has 14 heavy (non-hydrogen) atoms. The maximum absolute atomic E-state index is 10.7. The topological polar surface area (TPSA) is 91.8 Å². The van der Waals surface area contributed by atoms with Crippen molar-refractivity contribution in [2.24, 2.45) is 5.73 Å². The quantitative estimate of drug-likeness (QED) is 0.809. The molecule has 0 spiro atoms. The molecule has 0 saturated heterocycles. The first kappa shape index (κ1) is 10.8. The van der Waals surface area contributed by atoms with Gasteiger partial charge < -0.3 is 11.1 Å². The molecule has 1 amide bonds. The largest absolute Gasteiger partial charge is 0.368 e. The summed E-state index contributed by atoms with van der Waals surface area (Å²) in [6.45, 7) is 1.60. The molecule has 0 aliphatic carbocycles. The van der Waals surface area contributed by atoms with Crippen LogP contribution in [-0.4, -0.2) is 16.9 Å². The van der Waals surface area contributed by atoms with Crippen LogP contribution in [0.1, 0.15) is 11.8 Å². The van der Waals surface area contributed by atoms with Crippen LogP contribution in [0.25, 0.3) is 0 Å². The zero-order valence-electron chi connectivity index (χ0n) is 7.24. The van der Waals surface area contributed by atoms with Gasteiger partial charge in [-0.2, -0.15) is 5.26 Å². The van der Waals surface area contributed by atoms with Crippen LogP contribution in [0.3, 0.4) is 0 Å². The van der Waals surface area contributed by atoms with Gasteiger partial charge in [0.25, 0.3) is 0 Å². The predicted molar refractivity (Wildman–Crippen MR) is 54.1 cm³/mol. The van der Waals surface area contributed by atoms with Gasteiger partial charge in [0.1, 0.15) is 17.0 Å². The lowest BCUT2D eigenvalue weighted by Crippen LogP contribution is -2.32. The Morgan fingerprint density at radius 2 is 2.50 bits per heavy atom. The van der Waals surface area contributed by atoms with E-state index in [1.54, 1.807) is 6.92 Å². The lowest BCUT2D eigenvalue weighted by atomic mass is 10.3. The van der Waals surface area contributed by atoms with Gasteiger partial charge in [-0.15, -0.1) is 0 Å². The lowest BCUT2D eigenvalue weighted by molar-refractivity contribution is -0.118. The smallest absolute Gasteiger partial charge is 0.239 e. The van der Waals surface area contributed by atoms with Gasteiger partial charge in [0.05, 0.1) is 0 Å². The Hall–Kier alpha value is -1.32. The van der Waals surface area contributed by atoms with Gasteiger partial charge in [0, 0.05) is 0 Å². The summed E-state index contributed by atoms with van der Waals surface area (Å²) in [5.74, 6) is -0.491. The van der Waals surface area contributed by atoms with E-state index in [2.05, 4.69) is 10.3 Å². The molecule has 3 N–H and O–H groups in total. The molecular formula is C7H7ClN4OS. The van der Waals surface area contributed by atoms with E-state index in [1.807, 2.05) is 6.07 Å². The molecule has 1 aromatic rings. The van der Waals surface area contributed by atoms with Crippen LogP contribution in [0.15, 0.2) is 0 Å². The summed E-state index contributed by atoms with van der Waals surface area (Å²) in [5.41, 5.74) is 5.04. The summed E-state index contributed by atoms with van der Waals surface area (Å²) in [7, 11) is 0. The van der Waals surface area contributed by atoms with Crippen molar-refractivity contribution in [3.05, 3.63) is 10.0 Å². The minimum Gasteiger partial charge on any atom is -0.368 e. The number of rotatable bonds is 3. The van der Waals surface area contributed by atoms with E-state index in [1.165, 1.54) is 0 Å². The van der Waals surface area contributed by atoms with Crippen molar-refractivity contribution in [1.29, 1.82) is 5.26 Å². The first-order valence-electron chi connectivity index (χ1n) is 3.67. The Balaban J connectivity index is 2.79. The summed E-state index contributed by atoms with van der Waals surface area (Å²) >= 11 is 6.71. The molecule has 1 atom stereocenters. The molecular weight excluding hydrogens is 224 g/mol. The van der Waals surface area contributed by atoms with Crippen molar-refractivity contribution >= 4 is 34.0 Å². The number of nitrogens with one attached hydrogen (secondary N) is 1. The van der Waals surface area contributed by atoms with E-state index in [-0.39, 0.29) is 5.15 Å². The standard InChI is InChI=1S/C7H7ClN4OS/c1-3(6(10)13)11-7-12-5(8)4(2-9)14-7/h3H,1H3,(H2,10,13)(H,11,12). The van der Waals surface area contributed by atoms with E-state index in [0.717, 1.165) is 11.3 Å². The van der Waals surface area contributed by atoms with Crippen molar-refractivity contribution in [1.82, 2.24) is 4.98 Å². The van der Waals surface area contributed by atoms with Crippen molar-refractivity contribution in [2.75, 3.05) is 5.32 Å². The second kappa shape index (κ2) is 4.26. The number of amides is 1. The van der Waals surface area contributed by atoms with Gasteiger partial charge >= 0.3 is 0 Å². The average molecular weight is 231 g/mol. The molecule has 74 valence electrons. The third kappa shape index (κ3) is 2.34. The molecule has 1 unspecified atom stereocenters. The van der Waals surface area contributed by atoms with E-state index in [0.29, 0.717) is 10.0 Å². The summed E-state index contributed by atoms with van der Waals surface area (Å²) in [6, 6.07) is 1.35. The number of anilines is 1. The number of nitriles is 1. The summed E-state index contributed by atoms with van der Waals surface area (Å²) in [4.78, 5) is 14.9. The highest BCUT2D eigenvalue weighted by molar-refractivity contribution is 7.16. The number of thiazole rings is 1. The molecule has 0 aromatic carbocycles. The first-order chi connectivity index (χ1) is 6.54. The number of aromatic nitrogens is 1. The summed E-state index contributed by atoms with van der Waals surface area (Å²) in [6.07, 6.45) is 0. The van der Waals surface area contributed by atoms with Crippen LogP contribution in [0.2, 0.25) is 5.15 Å². The van der Waals surface area contributed by atoms with Gasteiger partial charge in [-0.25, -0.2) is 4.98 Å². The van der Waals surface area contributed by atoms with Crippen molar-refractivity contribution in [3.8, 4) is 6.07 Å². The molecule has 5 nitrogen and oxygen atoms in total. The lowest BCUT2D eigenvalue weighted by Gasteiger charge is -2.06. The third-order valence-corrected chi connectivity index (χ3v) is 2.73. The summed E-state index contributed by atoms with van der Waals surface area (Å²) in [5, 5.41) is 11.9. The molecule has 0 bridgehead atoms. The van der Waals surface area contributed by atoms with Gasteiger partial charge in [-0.3, -0.25) is 4.79 Å². The van der Waals surface area contributed by atoms with Crippen LogP contribution in [0, 0.1) is 11.3 Å². The fraction of sp³-hybridized carbons (Fsp3) is 0.286. The van der Waals surface area contributed by atoms with Crippen LogP contribution in [0.5, 0.6) is 0 Å². The van der Waals surface area contributed by atoms with Crippen molar-refractivity contribution in [3.63, 3.8) is 0 Å². The highest BCUT2D eigenvalue weighted by Gasteiger charge is 2.13. The van der Waals surface area contributed by atoms with Crippen LogP contribution in [0.4, 0.5) is 5.13 Å². The summed E-state index contributed by atoms with van der Waals surface area (Å²) < 4.78 is 0. The number of carbonyl (C=O) groups is 1. The second-order valence-electron chi connectivity index (χ2n) is 2.52. The number of carbonyl (C=O) groups excluding carboxylic acids is 1. The van der Waals surface area contributed by atoms with Crippen LogP contribution < -0.4 is 11.1 Å². The molecule has 1 rings (SSSR count). The second-order valence-corrected chi connectivity index (χ2v) is 3.88. The number of halogens is 1.